The fraction of sp³-hybridized carbons (Fsp3) is 0.317. The molecular formula is C41H42O14. The Morgan fingerprint density at radius 1 is 0.618 bits per heavy atom. The van der Waals surface area contributed by atoms with Crippen LogP contribution in [0.25, 0.3) is 22.3 Å². The molecule has 14 heteroatoms. The number of hydrogen-bond donors (Lipinski definition) is 0. The van der Waals surface area contributed by atoms with Gasteiger partial charge in [-0.1, -0.05) is 6.07 Å². The fourth-order valence-electron chi connectivity index (χ4n) is 7.04. The van der Waals surface area contributed by atoms with Crippen LogP contribution in [0.2, 0.25) is 0 Å². The maximum absolute atomic E-state index is 14.1. The second-order valence-corrected chi connectivity index (χ2v) is 12.2. The molecule has 290 valence electrons. The monoisotopic (exact) mass is 758 g/mol. The van der Waals surface area contributed by atoms with Crippen molar-refractivity contribution >= 4 is 16.9 Å². The molecule has 0 saturated heterocycles. The van der Waals surface area contributed by atoms with Crippen LogP contribution in [0.1, 0.15) is 35.6 Å². The Morgan fingerprint density at radius 2 is 1.20 bits per heavy atom. The molecule has 0 spiro atoms. The lowest BCUT2D eigenvalue weighted by Gasteiger charge is -2.40. The molecule has 5 aromatic rings. The van der Waals surface area contributed by atoms with Gasteiger partial charge in [0.1, 0.15) is 22.8 Å². The standard InChI is InChI=1S/C41H42O14/c1-20(42)53-40-32(24-13-11-22(44-2)17-27(24)54-35(40)21-15-29(46-4)37(49-7)30(16-21)47-5)33-26(19-31(48-6)38(50-8)39(33)51-9)36-41(52-10)34(43)25-14-12-23(45-3)18-28(25)55-36/h11-19,32,35,40H,1-10H3. The third kappa shape index (κ3) is 6.68. The summed E-state index contributed by atoms with van der Waals surface area (Å²) < 4.78 is 71.3. The number of fused-ring (bicyclic) bond motifs is 2. The van der Waals surface area contributed by atoms with Crippen LogP contribution in [-0.2, 0) is 9.53 Å². The summed E-state index contributed by atoms with van der Waals surface area (Å²) in [7, 11) is 13.3. The maximum atomic E-state index is 14.1. The van der Waals surface area contributed by atoms with Gasteiger partial charge in [-0.05, 0) is 36.4 Å². The summed E-state index contributed by atoms with van der Waals surface area (Å²) in [5.74, 6) is 1.50. The first-order valence-corrected chi connectivity index (χ1v) is 16.9. The number of esters is 1. The zero-order chi connectivity index (χ0) is 39.6. The van der Waals surface area contributed by atoms with E-state index >= 15 is 0 Å². The van der Waals surface area contributed by atoms with Crippen molar-refractivity contribution in [1.82, 2.24) is 0 Å². The average molecular weight is 759 g/mol. The average Bonchev–Trinajstić information content (AvgIpc) is 3.21. The van der Waals surface area contributed by atoms with E-state index in [1.807, 2.05) is 0 Å². The Bertz CT molecular complexity index is 2270. The molecule has 3 unspecified atom stereocenters. The SMILES string of the molecule is COc1ccc2c(c1)OC(c1cc(OC)c(OC)c(OC)c1)C(OC(C)=O)C2c1c(-c2oc3cc(OC)ccc3c(=O)c2OC)cc(OC)c(OC)c1OC. The van der Waals surface area contributed by atoms with Gasteiger partial charge in [-0.15, -0.1) is 0 Å². The number of hydrogen-bond acceptors (Lipinski definition) is 14. The van der Waals surface area contributed by atoms with E-state index in [9.17, 15) is 9.59 Å². The molecule has 0 amide bonds. The van der Waals surface area contributed by atoms with E-state index in [2.05, 4.69) is 0 Å². The van der Waals surface area contributed by atoms with Crippen molar-refractivity contribution in [3.8, 4) is 68.8 Å². The number of rotatable bonds is 13. The molecular weight excluding hydrogens is 716 g/mol. The Hall–Kier alpha value is -6.44. The predicted molar refractivity (Wildman–Crippen MR) is 201 cm³/mol. The lowest BCUT2D eigenvalue weighted by molar-refractivity contribution is -0.153. The highest BCUT2D eigenvalue weighted by Crippen LogP contribution is 2.57. The molecule has 0 bridgehead atoms. The van der Waals surface area contributed by atoms with Crippen LogP contribution in [0, 0.1) is 0 Å². The van der Waals surface area contributed by atoms with E-state index in [1.54, 1.807) is 61.7 Å². The number of methoxy groups -OCH3 is 9. The highest BCUT2D eigenvalue weighted by molar-refractivity contribution is 5.86. The zero-order valence-electron chi connectivity index (χ0n) is 32.1. The first kappa shape index (κ1) is 38.3. The van der Waals surface area contributed by atoms with Crippen LogP contribution in [-0.4, -0.2) is 76.1 Å². The normalized spacial score (nSPS) is 15.9. The minimum absolute atomic E-state index is 0.0370. The van der Waals surface area contributed by atoms with Gasteiger partial charge >= 0.3 is 5.97 Å². The number of carbonyl (C=O) groups excluding carboxylic acids is 1. The second kappa shape index (κ2) is 15.9. The largest absolute Gasteiger partial charge is 0.497 e. The lowest BCUT2D eigenvalue weighted by Crippen LogP contribution is -2.39. The molecule has 0 saturated carbocycles. The summed E-state index contributed by atoms with van der Waals surface area (Å²) >= 11 is 0. The molecule has 6 rings (SSSR count). The van der Waals surface area contributed by atoms with E-state index in [1.165, 1.54) is 63.8 Å². The van der Waals surface area contributed by atoms with Gasteiger partial charge < -0.3 is 56.5 Å². The number of benzene rings is 4. The fourth-order valence-corrected chi connectivity index (χ4v) is 7.04. The van der Waals surface area contributed by atoms with Crippen LogP contribution >= 0.6 is 0 Å². The van der Waals surface area contributed by atoms with Gasteiger partial charge in [-0.25, -0.2) is 0 Å². The minimum Gasteiger partial charge on any atom is -0.497 e. The van der Waals surface area contributed by atoms with E-state index in [0.717, 1.165) is 0 Å². The smallest absolute Gasteiger partial charge is 0.303 e. The maximum Gasteiger partial charge on any atom is 0.303 e. The third-order valence-electron chi connectivity index (χ3n) is 9.44. The summed E-state index contributed by atoms with van der Waals surface area (Å²) in [5, 5.41) is 0.263. The van der Waals surface area contributed by atoms with Crippen molar-refractivity contribution in [2.75, 3.05) is 64.0 Å². The summed E-state index contributed by atoms with van der Waals surface area (Å²) in [4.78, 5) is 27.3. The molecule has 2 heterocycles. The van der Waals surface area contributed by atoms with Gasteiger partial charge in [0, 0.05) is 41.3 Å². The topological polar surface area (TPSA) is 149 Å². The highest BCUT2D eigenvalue weighted by atomic mass is 16.6. The van der Waals surface area contributed by atoms with Gasteiger partial charge in [0.25, 0.3) is 0 Å². The van der Waals surface area contributed by atoms with E-state index in [-0.39, 0.29) is 39.7 Å². The molecule has 0 radical (unpaired) electrons. The summed E-state index contributed by atoms with van der Waals surface area (Å²) in [6.07, 6.45) is -2.13. The first-order valence-electron chi connectivity index (χ1n) is 16.9. The Morgan fingerprint density at radius 3 is 1.76 bits per heavy atom. The molecule has 0 aliphatic carbocycles. The third-order valence-corrected chi connectivity index (χ3v) is 9.44. The second-order valence-electron chi connectivity index (χ2n) is 12.2. The van der Waals surface area contributed by atoms with Crippen LogP contribution in [0.4, 0.5) is 0 Å². The zero-order valence-corrected chi connectivity index (χ0v) is 32.1. The predicted octanol–water partition coefficient (Wildman–Crippen LogP) is 6.73. The molecule has 0 fully saturated rings. The van der Waals surface area contributed by atoms with Crippen molar-refractivity contribution in [2.45, 2.75) is 25.0 Å². The van der Waals surface area contributed by atoms with Crippen LogP contribution < -0.4 is 52.8 Å². The Kier molecular flexibility index (Phi) is 11.1. The van der Waals surface area contributed by atoms with Crippen LogP contribution in [0.5, 0.6) is 57.5 Å². The quantitative estimate of drug-likeness (QED) is 0.117. The number of ether oxygens (including phenoxy) is 11. The highest BCUT2D eigenvalue weighted by Gasteiger charge is 2.47. The van der Waals surface area contributed by atoms with Gasteiger partial charge in [-0.3, -0.25) is 9.59 Å². The lowest BCUT2D eigenvalue weighted by atomic mass is 9.77. The molecule has 55 heavy (non-hydrogen) atoms. The van der Waals surface area contributed by atoms with E-state index in [0.29, 0.717) is 56.8 Å². The molecule has 0 N–H and O–H groups in total. The van der Waals surface area contributed by atoms with Crippen molar-refractivity contribution < 1.29 is 61.3 Å². The van der Waals surface area contributed by atoms with Gasteiger partial charge in [0.05, 0.1) is 75.3 Å². The first-order chi connectivity index (χ1) is 26.6. The molecule has 1 aliphatic rings. The minimum atomic E-state index is -1.12. The molecule has 4 aromatic carbocycles. The number of carbonyl (C=O) groups is 1. The molecule has 3 atom stereocenters. The van der Waals surface area contributed by atoms with Gasteiger partial charge in [-0.2, -0.15) is 0 Å². The van der Waals surface area contributed by atoms with Gasteiger partial charge in [0.2, 0.25) is 22.7 Å². The molecule has 1 aliphatic heterocycles. The van der Waals surface area contributed by atoms with Crippen molar-refractivity contribution in [1.29, 1.82) is 0 Å². The summed E-state index contributed by atoms with van der Waals surface area (Å²) in [6.45, 7) is 1.30. The van der Waals surface area contributed by atoms with Crippen LogP contribution in [0.15, 0.2) is 63.8 Å². The van der Waals surface area contributed by atoms with Crippen LogP contribution in [0.3, 0.4) is 0 Å². The van der Waals surface area contributed by atoms with E-state index in [4.69, 9.17) is 56.5 Å². The Labute approximate surface area is 317 Å². The van der Waals surface area contributed by atoms with Crippen molar-refractivity contribution in [3.05, 3.63) is 81.5 Å². The summed E-state index contributed by atoms with van der Waals surface area (Å²) in [5.41, 5.74) is 1.58. The van der Waals surface area contributed by atoms with Crippen molar-refractivity contribution in [2.24, 2.45) is 0 Å². The summed E-state index contributed by atoms with van der Waals surface area (Å²) in [6, 6.07) is 15.2. The molecule has 1 aromatic heterocycles. The Balaban J connectivity index is 1.78. The van der Waals surface area contributed by atoms with Crippen molar-refractivity contribution in [3.63, 3.8) is 0 Å². The van der Waals surface area contributed by atoms with E-state index < -0.39 is 29.5 Å². The molecule has 14 nitrogen and oxygen atoms in total. The van der Waals surface area contributed by atoms with Gasteiger partial charge in [0.15, 0.2) is 41.0 Å².